The molecule has 0 aliphatic carbocycles. The Labute approximate surface area is 107 Å². The number of nitrogens with zero attached hydrogens (tertiary/aromatic N) is 1. The van der Waals surface area contributed by atoms with Gasteiger partial charge in [-0.25, -0.2) is 0 Å². The smallest absolute Gasteiger partial charge is 0.249 e. The molecule has 18 heavy (non-hydrogen) atoms. The number of nitrogens with two attached hydrogens (primary N) is 1. The summed E-state index contributed by atoms with van der Waals surface area (Å²) in [6.07, 6.45) is 4.71. The average molecular weight is 249 g/mol. The van der Waals surface area contributed by atoms with E-state index >= 15 is 0 Å². The predicted octanol–water partition coefficient (Wildman–Crippen LogP) is 0.765. The van der Waals surface area contributed by atoms with Crippen LogP contribution in [0, 0.1) is 0 Å². The van der Waals surface area contributed by atoms with E-state index in [2.05, 4.69) is 10.3 Å². The Balaban J connectivity index is 1.88. The Morgan fingerprint density at radius 3 is 2.89 bits per heavy atom. The van der Waals surface area contributed by atoms with Crippen LogP contribution in [0.3, 0.4) is 0 Å². The van der Waals surface area contributed by atoms with E-state index in [0.717, 1.165) is 18.4 Å². The molecule has 0 bridgehead atoms. The van der Waals surface area contributed by atoms with Gasteiger partial charge in [0.05, 0.1) is 12.1 Å². The highest BCUT2D eigenvalue weighted by Gasteiger charge is 2.30. The molecule has 0 radical (unpaired) electrons. The zero-order valence-electron chi connectivity index (χ0n) is 10.5. The fourth-order valence-electron chi connectivity index (χ4n) is 2.11. The van der Waals surface area contributed by atoms with Crippen LogP contribution in [0.25, 0.3) is 0 Å². The molecule has 3 atom stereocenters. The van der Waals surface area contributed by atoms with Gasteiger partial charge in [-0.3, -0.25) is 9.78 Å². The summed E-state index contributed by atoms with van der Waals surface area (Å²) in [4.78, 5) is 16.0. The summed E-state index contributed by atoms with van der Waals surface area (Å²) in [6.45, 7) is 2.42. The van der Waals surface area contributed by atoms with Gasteiger partial charge in [-0.15, -0.1) is 0 Å². The van der Waals surface area contributed by atoms with Crippen molar-refractivity contribution in [2.75, 3.05) is 6.54 Å². The molecule has 0 spiro atoms. The van der Waals surface area contributed by atoms with E-state index < -0.39 is 0 Å². The molecule has 2 rings (SSSR count). The van der Waals surface area contributed by atoms with Gasteiger partial charge in [0, 0.05) is 18.9 Å². The number of carbonyl (C=O) groups is 1. The lowest BCUT2D eigenvalue weighted by atomic mass is 10.1. The number of amides is 1. The molecule has 5 heteroatoms. The molecule has 1 aromatic rings. The van der Waals surface area contributed by atoms with Gasteiger partial charge < -0.3 is 15.8 Å². The fourth-order valence-corrected chi connectivity index (χ4v) is 2.11. The van der Waals surface area contributed by atoms with Crippen LogP contribution in [0.2, 0.25) is 0 Å². The van der Waals surface area contributed by atoms with Gasteiger partial charge in [-0.1, -0.05) is 0 Å². The minimum absolute atomic E-state index is 0.0250. The van der Waals surface area contributed by atoms with Crippen LogP contribution in [0.15, 0.2) is 24.5 Å². The van der Waals surface area contributed by atoms with Crippen molar-refractivity contribution >= 4 is 5.91 Å². The highest BCUT2D eigenvalue weighted by Crippen LogP contribution is 2.20. The molecule has 1 aromatic heterocycles. The van der Waals surface area contributed by atoms with E-state index in [1.54, 1.807) is 12.4 Å². The molecule has 1 amide bonds. The van der Waals surface area contributed by atoms with Gasteiger partial charge in [0.2, 0.25) is 5.91 Å². The molecule has 0 aromatic carbocycles. The number of ether oxygens (including phenoxy) is 1. The van der Waals surface area contributed by atoms with Crippen LogP contribution in [0.4, 0.5) is 0 Å². The predicted molar refractivity (Wildman–Crippen MR) is 67.7 cm³/mol. The maximum atomic E-state index is 12.0. The van der Waals surface area contributed by atoms with Crippen molar-refractivity contribution in [3.05, 3.63) is 30.1 Å². The Kier molecular flexibility index (Phi) is 4.28. The summed E-state index contributed by atoms with van der Waals surface area (Å²) in [5.41, 5.74) is 6.56. The molecule has 5 nitrogen and oxygen atoms in total. The molecule has 1 aliphatic rings. The maximum Gasteiger partial charge on any atom is 0.249 e. The second-order valence-electron chi connectivity index (χ2n) is 4.57. The quantitative estimate of drug-likeness (QED) is 0.826. The third-order valence-electron chi connectivity index (χ3n) is 3.23. The molecular weight excluding hydrogens is 230 g/mol. The first-order valence-electron chi connectivity index (χ1n) is 6.26. The normalized spacial score (nSPS) is 24.8. The lowest BCUT2D eigenvalue weighted by Crippen LogP contribution is -2.36. The second kappa shape index (κ2) is 5.93. The zero-order chi connectivity index (χ0) is 13.0. The Morgan fingerprint density at radius 2 is 2.28 bits per heavy atom. The van der Waals surface area contributed by atoms with Crippen molar-refractivity contribution in [3.8, 4) is 0 Å². The van der Waals surface area contributed by atoms with Gasteiger partial charge in [0.15, 0.2) is 0 Å². The van der Waals surface area contributed by atoms with Gasteiger partial charge in [-0.2, -0.15) is 0 Å². The topological polar surface area (TPSA) is 77.2 Å². The molecular formula is C13H19N3O2. The van der Waals surface area contributed by atoms with Crippen LogP contribution in [0.1, 0.15) is 31.4 Å². The van der Waals surface area contributed by atoms with E-state index in [9.17, 15) is 4.79 Å². The van der Waals surface area contributed by atoms with Crippen molar-refractivity contribution in [3.63, 3.8) is 0 Å². The number of rotatable bonds is 4. The van der Waals surface area contributed by atoms with Gasteiger partial charge in [0.25, 0.3) is 0 Å². The van der Waals surface area contributed by atoms with E-state index in [1.807, 2.05) is 19.1 Å². The van der Waals surface area contributed by atoms with Crippen molar-refractivity contribution in [2.24, 2.45) is 5.73 Å². The minimum Gasteiger partial charge on any atom is -0.364 e. The number of hydrogen-bond acceptors (Lipinski definition) is 4. The third-order valence-corrected chi connectivity index (χ3v) is 3.23. The lowest BCUT2D eigenvalue weighted by Gasteiger charge is -2.17. The summed E-state index contributed by atoms with van der Waals surface area (Å²) < 4.78 is 5.56. The minimum atomic E-state index is -0.358. The molecule has 1 aliphatic heterocycles. The molecule has 2 unspecified atom stereocenters. The van der Waals surface area contributed by atoms with Crippen molar-refractivity contribution in [2.45, 2.75) is 38.0 Å². The molecule has 98 valence electrons. The van der Waals surface area contributed by atoms with E-state index in [4.69, 9.17) is 10.5 Å². The number of hydrogen-bond donors (Lipinski definition) is 2. The largest absolute Gasteiger partial charge is 0.364 e. The average Bonchev–Trinajstić information content (AvgIpc) is 2.88. The molecule has 0 saturated carbocycles. The molecule has 3 N–H and O–H groups in total. The van der Waals surface area contributed by atoms with Crippen LogP contribution in [-0.4, -0.2) is 29.6 Å². The summed E-state index contributed by atoms with van der Waals surface area (Å²) in [5, 5.41) is 2.95. The number of pyridine rings is 1. The van der Waals surface area contributed by atoms with Crippen molar-refractivity contribution in [1.82, 2.24) is 10.3 Å². The third kappa shape index (κ3) is 3.05. The molecule has 1 saturated heterocycles. The maximum absolute atomic E-state index is 12.0. The summed E-state index contributed by atoms with van der Waals surface area (Å²) in [6, 6.07) is 3.74. The first-order valence-corrected chi connectivity index (χ1v) is 6.26. The van der Waals surface area contributed by atoms with Gasteiger partial charge >= 0.3 is 0 Å². The van der Waals surface area contributed by atoms with Crippen molar-refractivity contribution < 1.29 is 9.53 Å². The SMILES string of the molecule is C[C@@H](NC(=O)C1CCC(CN)O1)c1ccncc1. The molecule has 2 heterocycles. The van der Waals surface area contributed by atoms with Crippen LogP contribution >= 0.6 is 0 Å². The van der Waals surface area contributed by atoms with E-state index in [-0.39, 0.29) is 24.2 Å². The number of aromatic nitrogens is 1. The number of nitrogens with one attached hydrogen (secondary N) is 1. The van der Waals surface area contributed by atoms with Gasteiger partial charge in [-0.05, 0) is 37.5 Å². The van der Waals surface area contributed by atoms with Crippen LogP contribution in [-0.2, 0) is 9.53 Å². The highest BCUT2D eigenvalue weighted by atomic mass is 16.5. The van der Waals surface area contributed by atoms with Crippen LogP contribution in [0.5, 0.6) is 0 Å². The van der Waals surface area contributed by atoms with Crippen LogP contribution < -0.4 is 11.1 Å². The zero-order valence-corrected chi connectivity index (χ0v) is 10.5. The van der Waals surface area contributed by atoms with E-state index in [1.165, 1.54) is 0 Å². The summed E-state index contributed by atoms with van der Waals surface area (Å²) in [7, 11) is 0. The Morgan fingerprint density at radius 1 is 1.56 bits per heavy atom. The van der Waals surface area contributed by atoms with E-state index in [0.29, 0.717) is 6.54 Å². The standard InChI is InChI=1S/C13H19N3O2/c1-9(10-4-6-15-7-5-10)16-13(17)12-3-2-11(8-14)18-12/h4-7,9,11-12H,2-3,8,14H2,1H3,(H,16,17)/t9-,11?,12?/m1/s1. The first kappa shape index (κ1) is 13.0. The summed E-state index contributed by atoms with van der Waals surface area (Å²) >= 11 is 0. The first-order chi connectivity index (χ1) is 8.70. The highest BCUT2D eigenvalue weighted by molar-refractivity contribution is 5.81. The van der Waals surface area contributed by atoms with Crippen molar-refractivity contribution in [1.29, 1.82) is 0 Å². The lowest BCUT2D eigenvalue weighted by molar-refractivity contribution is -0.132. The Bertz CT molecular complexity index is 396. The summed E-state index contributed by atoms with van der Waals surface area (Å²) in [5.74, 6) is -0.0599. The molecule has 1 fully saturated rings. The second-order valence-corrected chi connectivity index (χ2v) is 4.57. The monoisotopic (exact) mass is 249 g/mol. The Hall–Kier alpha value is -1.46. The fraction of sp³-hybridized carbons (Fsp3) is 0.538. The number of carbonyl (C=O) groups excluding carboxylic acids is 1. The van der Waals surface area contributed by atoms with Gasteiger partial charge in [0.1, 0.15) is 6.10 Å².